The van der Waals surface area contributed by atoms with Crippen molar-refractivity contribution >= 4 is 11.6 Å². The number of amides is 1. The van der Waals surface area contributed by atoms with E-state index in [2.05, 4.69) is 26.1 Å². The summed E-state index contributed by atoms with van der Waals surface area (Å²) in [5, 5.41) is 15.0. The first-order valence-electron chi connectivity index (χ1n) is 7.68. The first kappa shape index (κ1) is 17.2. The summed E-state index contributed by atoms with van der Waals surface area (Å²) < 4.78 is 20.1. The molecule has 3 rings (SSSR count). The molecule has 132 valence electrons. The van der Waals surface area contributed by atoms with Crippen LogP contribution in [0.4, 0.5) is 4.39 Å². The van der Waals surface area contributed by atoms with Gasteiger partial charge in [0.15, 0.2) is 18.2 Å². The molecule has 2 aromatic carbocycles. The summed E-state index contributed by atoms with van der Waals surface area (Å²) in [6.45, 7) is 1.40. The number of hydrogen-bond donors (Lipinski definition) is 1. The largest absolute Gasteiger partial charge is 0.481 e. The number of para-hydroxylation sites is 1. The lowest BCUT2D eigenvalue weighted by molar-refractivity contribution is -0.123. The first-order valence-corrected chi connectivity index (χ1v) is 7.68. The third kappa shape index (κ3) is 4.26. The van der Waals surface area contributed by atoms with Gasteiger partial charge in [0.2, 0.25) is 0 Å². The molecule has 1 amide bonds. The second-order valence-corrected chi connectivity index (χ2v) is 5.26. The van der Waals surface area contributed by atoms with Crippen LogP contribution in [0.25, 0.3) is 5.69 Å². The summed E-state index contributed by atoms with van der Waals surface area (Å²) in [6.07, 6.45) is 1.48. The van der Waals surface area contributed by atoms with Crippen LogP contribution >= 0.6 is 0 Å². The lowest BCUT2D eigenvalue weighted by Gasteiger charge is -2.07. The lowest BCUT2D eigenvalue weighted by Crippen LogP contribution is -2.25. The van der Waals surface area contributed by atoms with Gasteiger partial charge in [0.1, 0.15) is 6.33 Å². The molecule has 0 fully saturated rings. The molecule has 0 spiro atoms. The van der Waals surface area contributed by atoms with Crippen molar-refractivity contribution in [3.63, 3.8) is 0 Å². The number of carbonyl (C=O) groups is 1. The molecule has 0 bridgehead atoms. The Morgan fingerprint density at radius 1 is 1.27 bits per heavy atom. The van der Waals surface area contributed by atoms with E-state index in [4.69, 9.17) is 4.74 Å². The van der Waals surface area contributed by atoms with Gasteiger partial charge in [-0.05, 0) is 47.2 Å². The number of nitrogens with one attached hydrogen (secondary N) is 1. The van der Waals surface area contributed by atoms with Crippen LogP contribution in [0.2, 0.25) is 0 Å². The van der Waals surface area contributed by atoms with Crippen molar-refractivity contribution < 1.29 is 13.9 Å². The second kappa shape index (κ2) is 7.97. The molecule has 0 saturated carbocycles. The summed E-state index contributed by atoms with van der Waals surface area (Å²) in [6, 6.07) is 13.2. The molecule has 1 aromatic heterocycles. The van der Waals surface area contributed by atoms with Gasteiger partial charge in [0.05, 0.1) is 11.4 Å². The zero-order chi connectivity index (χ0) is 18.4. The topological polar surface area (TPSA) is 94.3 Å². The Hall–Kier alpha value is -3.62. The SMILES string of the molecule is C/C(=N\NC(=O)COc1ccccc1F)c1cccc(-n2cnnn2)c1. The maximum Gasteiger partial charge on any atom is 0.277 e. The number of carbonyl (C=O) groups excluding carboxylic acids is 1. The molecule has 26 heavy (non-hydrogen) atoms. The van der Waals surface area contributed by atoms with Crippen LogP contribution in [0.1, 0.15) is 12.5 Å². The minimum atomic E-state index is -0.528. The zero-order valence-corrected chi connectivity index (χ0v) is 13.8. The first-order chi connectivity index (χ1) is 12.6. The summed E-state index contributed by atoms with van der Waals surface area (Å²) in [4.78, 5) is 11.8. The van der Waals surface area contributed by atoms with Crippen LogP contribution < -0.4 is 10.2 Å². The number of ether oxygens (including phenoxy) is 1. The van der Waals surface area contributed by atoms with Crippen LogP contribution in [0, 0.1) is 5.82 Å². The normalized spacial score (nSPS) is 11.2. The Bertz CT molecular complexity index is 927. The second-order valence-electron chi connectivity index (χ2n) is 5.26. The standard InChI is InChI=1S/C17H15FN6O2/c1-12(13-5-4-6-14(9-13)24-11-19-22-23-24)20-21-17(25)10-26-16-8-3-2-7-15(16)18/h2-9,11H,10H2,1H3,(H,21,25)/b20-12+. The fraction of sp³-hybridized carbons (Fsp3) is 0.118. The van der Waals surface area contributed by atoms with Gasteiger partial charge in [-0.15, -0.1) is 5.10 Å². The van der Waals surface area contributed by atoms with E-state index in [0.717, 1.165) is 11.3 Å². The molecule has 0 saturated heterocycles. The van der Waals surface area contributed by atoms with Crippen LogP contribution in [0.15, 0.2) is 60.0 Å². The maximum atomic E-state index is 13.4. The summed E-state index contributed by atoms with van der Waals surface area (Å²) in [5.41, 5.74) is 4.51. The molecule has 0 aliphatic heterocycles. The number of hydrogen-bond acceptors (Lipinski definition) is 6. The molecule has 1 heterocycles. The molecule has 9 heteroatoms. The van der Waals surface area contributed by atoms with E-state index in [-0.39, 0.29) is 12.4 Å². The molecule has 0 aliphatic carbocycles. The van der Waals surface area contributed by atoms with E-state index in [1.54, 1.807) is 19.1 Å². The average molecular weight is 354 g/mol. The number of nitrogens with zero attached hydrogens (tertiary/aromatic N) is 5. The zero-order valence-electron chi connectivity index (χ0n) is 13.8. The van der Waals surface area contributed by atoms with Gasteiger partial charge >= 0.3 is 0 Å². The minimum Gasteiger partial charge on any atom is -0.481 e. The number of tetrazole rings is 1. The van der Waals surface area contributed by atoms with E-state index < -0.39 is 11.7 Å². The molecule has 0 aliphatic rings. The molecular formula is C17H15FN6O2. The Balaban J connectivity index is 1.60. The molecule has 8 nitrogen and oxygen atoms in total. The molecule has 0 atom stereocenters. The molecule has 0 radical (unpaired) electrons. The van der Waals surface area contributed by atoms with E-state index in [1.807, 2.05) is 24.3 Å². The van der Waals surface area contributed by atoms with Crippen LogP contribution in [-0.2, 0) is 4.79 Å². The van der Waals surface area contributed by atoms with Gasteiger partial charge in [0.25, 0.3) is 5.91 Å². The minimum absolute atomic E-state index is 0.0116. The highest BCUT2D eigenvalue weighted by Gasteiger charge is 2.07. The Labute approximate surface area is 148 Å². The van der Waals surface area contributed by atoms with E-state index in [0.29, 0.717) is 5.71 Å². The van der Waals surface area contributed by atoms with Crippen molar-refractivity contribution in [3.05, 3.63) is 66.2 Å². The predicted octanol–water partition coefficient (Wildman–Crippen LogP) is 1.72. The van der Waals surface area contributed by atoms with Crippen molar-refractivity contribution in [2.75, 3.05) is 6.61 Å². The van der Waals surface area contributed by atoms with Crippen molar-refractivity contribution in [3.8, 4) is 11.4 Å². The third-order valence-corrected chi connectivity index (χ3v) is 3.42. The van der Waals surface area contributed by atoms with Crippen LogP contribution in [0.3, 0.4) is 0 Å². The van der Waals surface area contributed by atoms with Crippen molar-refractivity contribution in [1.29, 1.82) is 0 Å². The van der Waals surface area contributed by atoms with Gasteiger partial charge < -0.3 is 4.74 Å². The molecule has 3 aromatic rings. The molecular weight excluding hydrogens is 339 g/mol. The Morgan fingerprint density at radius 2 is 2.12 bits per heavy atom. The highest BCUT2D eigenvalue weighted by Crippen LogP contribution is 2.15. The van der Waals surface area contributed by atoms with Gasteiger partial charge in [-0.3, -0.25) is 4.79 Å². The smallest absolute Gasteiger partial charge is 0.277 e. The van der Waals surface area contributed by atoms with Gasteiger partial charge in [-0.2, -0.15) is 5.10 Å². The van der Waals surface area contributed by atoms with E-state index >= 15 is 0 Å². The van der Waals surface area contributed by atoms with Crippen LogP contribution in [0.5, 0.6) is 5.75 Å². The quantitative estimate of drug-likeness (QED) is 0.537. The fourth-order valence-electron chi connectivity index (χ4n) is 2.10. The van der Waals surface area contributed by atoms with Crippen molar-refractivity contribution in [2.45, 2.75) is 6.92 Å². The van der Waals surface area contributed by atoms with Crippen molar-refractivity contribution in [2.24, 2.45) is 5.10 Å². The third-order valence-electron chi connectivity index (χ3n) is 3.42. The Morgan fingerprint density at radius 3 is 2.88 bits per heavy atom. The van der Waals surface area contributed by atoms with Gasteiger partial charge in [0, 0.05) is 0 Å². The van der Waals surface area contributed by atoms with Crippen molar-refractivity contribution in [1.82, 2.24) is 25.6 Å². The Kier molecular flexibility index (Phi) is 5.28. The van der Waals surface area contributed by atoms with Gasteiger partial charge in [-0.25, -0.2) is 14.5 Å². The molecule has 1 N–H and O–H groups in total. The average Bonchev–Trinajstić information content (AvgIpc) is 3.20. The number of aromatic nitrogens is 4. The maximum absolute atomic E-state index is 13.4. The van der Waals surface area contributed by atoms with Gasteiger partial charge in [-0.1, -0.05) is 24.3 Å². The predicted molar refractivity (Wildman–Crippen MR) is 91.4 cm³/mol. The fourth-order valence-corrected chi connectivity index (χ4v) is 2.10. The summed E-state index contributed by atoms with van der Waals surface area (Å²) in [7, 11) is 0. The van der Waals surface area contributed by atoms with Crippen LogP contribution in [-0.4, -0.2) is 38.4 Å². The molecule has 0 unspecified atom stereocenters. The summed E-state index contributed by atoms with van der Waals surface area (Å²) >= 11 is 0. The highest BCUT2D eigenvalue weighted by atomic mass is 19.1. The number of hydrazone groups is 1. The van der Waals surface area contributed by atoms with E-state index in [1.165, 1.54) is 23.1 Å². The summed E-state index contributed by atoms with van der Waals surface area (Å²) in [5.74, 6) is -1.01. The number of halogens is 1. The number of benzene rings is 2. The number of rotatable bonds is 6. The lowest BCUT2D eigenvalue weighted by atomic mass is 10.1. The van der Waals surface area contributed by atoms with E-state index in [9.17, 15) is 9.18 Å². The monoisotopic (exact) mass is 354 g/mol. The highest BCUT2D eigenvalue weighted by molar-refractivity contribution is 5.99.